The van der Waals surface area contributed by atoms with Gasteiger partial charge in [0.2, 0.25) is 0 Å². The van der Waals surface area contributed by atoms with Crippen LogP contribution in [0, 0.1) is 0 Å². The van der Waals surface area contributed by atoms with Gasteiger partial charge in [-0.25, -0.2) is 0 Å². The molecule has 0 aromatic heterocycles. The van der Waals surface area contributed by atoms with Crippen LogP contribution in [-0.4, -0.2) is 0 Å². The first kappa shape index (κ1) is 63.1. The van der Waals surface area contributed by atoms with Crippen LogP contribution in [0.15, 0.2) is 121 Å². The Bertz CT molecular complexity index is 4340. The lowest BCUT2D eigenvalue weighted by Gasteiger charge is -2.24. The van der Waals surface area contributed by atoms with Crippen molar-refractivity contribution in [3.63, 3.8) is 0 Å². The summed E-state index contributed by atoms with van der Waals surface area (Å²) in [7, 11) is 0. The fourth-order valence-electron chi connectivity index (χ4n) is 15.9. The maximum absolute atomic E-state index is 2.66. The summed E-state index contributed by atoms with van der Waals surface area (Å²) in [5, 5.41) is 19.0. The van der Waals surface area contributed by atoms with Crippen molar-refractivity contribution >= 4 is 75.4 Å². The van der Waals surface area contributed by atoms with Gasteiger partial charge in [-0.2, -0.15) is 0 Å². The molecule has 0 heteroatoms. The van der Waals surface area contributed by atoms with Gasteiger partial charge in [0.05, 0.1) is 0 Å². The van der Waals surface area contributed by atoms with Crippen LogP contribution in [0.3, 0.4) is 0 Å². The second kappa shape index (κ2) is 23.6. The van der Waals surface area contributed by atoms with Crippen molar-refractivity contribution in [3.8, 4) is 44.5 Å². The summed E-state index contributed by atoms with van der Waals surface area (Å²) >= 11 is 0. The molecule has 0 saturated carbocycles. The van der Waals surface area contributed by atoms with E-state index in [-0.39, 0.29) is 0 Å². The van der Waals surface area contributed by atoms with Crippen molar-refractivity contribution in [1.29, 1.82) is 0 Å². The first-order valence-corrected chi connectivity index (χ1v) is 35.1. The zero-order valence-corrected chi connectivity index (χ0v) is 59.5. The topological polar surface area (TPSA) is 0 Å². The van der Waals surface area contributed by atoms with Gasteiger partial charge in [-0.05, 0) is 306 Å². The molecule has 0 bridgehead atoms. The van der Waals surface area contributed by atoms with Crippen molar-refractivity contribution < 1.29 is 0 Å². The lowest BCUT2D eigenvalue weighted by atomic mass is 9.80. The van der Waals surface area contributed by atoms with Crippen LogP contribution < -0.4 is 0 Å². The summed E-state index contributed by atoms with van der Waals surface area (Å²) in [5.41, 5.74) is 28.3. The molecular formula is C90H104. The molecule has 0 N–H and O–H groups in total. The van der Waals surface area contributed by atoms with Crippen molar-refractivity contribution in [2.75, 3.05) is 0 Å². The molecule has 0 spiro atoms. The monoisotopic (exact) mass is 1180 g/mol. The first-order chi connectivity index (χ1) is 42.6. The van der Waals surface area contributed by atoms with E-state index < -0.39 is 0 Å². The van der Waals surface area contributed by atoms with Crippen LogP contribution in [0.5, 0.6) is 0 Å². The molecule has 0 aliphatic heterocycles. The van der Waals surface area contributed by atoms with Crippen molar-refractivity contribution in [3.05, 3.63) is 188 Å². The average molecular weight is 1190 g/mol. The molecule has 0 aliphatic carbocycles. The molecule has 0 nitrogen and oxygen atoms in total. The fourth-order valence-corrected chi connectivity index (χ4v) is 15.9. The summed E-state index contributed by atoms with van der Waals surface area (Å²) in [4.78, 5) is 0. The van der Waals surface area contributed by atoms with Gasteiger partial charge in [-0.3, -0.25) is 0 Å². The molecular weight excluding hydrogens is 1080 g/mol. The summed E-state index contributed by atoms with van der Waals surface area (Å²) in [6, 6.07) is 51.4. The molecule has 12 rings (SSSR count). The average Bonchev–Trinajstić information content (AvgIpc) is 1.50. The molecule has 0 atom stereocenters. The number of hydrogen-bond acceptors (Lipinski definition) is 0. The highest BCUT2D eigenvalue weighted by molar-refractivity contribution is 6.42. The minimum atomic E-state index is 0.341. The van der Waals surface area contributed by atoms with E-state index in [1.165, 1.54) is 187 Å². The lowest BCUT2D eigenvalue weighted by Crippen LogP contribution is -2.04. The zero-order valence-electron chi connectivity index (χ0n) is 59.5. The third kappa shape index (κ3) is 10.4. The predicted octanol–water partition coefficient (Wildman–Crippen LogP) is 28.8. The Labute approximate surface area is 542 Å². The van der Waals surface area contributed by atoms with Crippen LogP contribution in [-0.2, 0) is 0 Å². The highest BCUT2D eigenvalue weighted by atomic mass is 14.3. The van der Waals surface area contributed by atoms with Crippen molar-refractivity contribution in [1.82, 2.24) is 0 Å². The minimum Gasteiger partial charge on any atom is -0.0587 e. The number of benzene rings is 10. The molecule has 0 heterocycles. The molecule has 0 unspecified atom stereocenters. The van der Waals surface area contributed by atoms with E-state index in [0.29, 0.717) is 71.0 Å². The lowest BCUT2D eigenvalue weighted by molar-refractivity contribution is 0.807. The van der Waals surface area contributed by atoms with E-state index in [1.807, 2.05) is 0 Å². The summed E-state index contributed by atoms with van der Waals surface area (Å²) in [5.74, 6) is 4.61. The summed E-state index contributed by atoms with van der Waals surface area (Å²) < 4.78 is 0. The number of hydrogen-bond donors (Lipinski definition) is 0. The number of fused-ring (bicyclic) bond motifs is 9. The van der Waals surface area contributed by atoms with Crippen LogP contribution >= 0.6 is 0 Å². The molecule has 0 aliphatic rings. The van der Waals surface area contributed by atoms with Crippen LogP contribution in [0.4, 0.5) is 0 Å². The molecule has 0 radical (unpaired) electrons. The third-order valence-corrected chi connectivity index (χ3v) is 21.1. The largest absolute Gasteiger partial charge is 0.0587 e. The Morgan fingerprint density at radius 3 is 0.544 bits per heavy atom. The van der Waals surface area contributed by atoms with Crippen molar-refractivity contribution in [2.45, 2.75) is 237 Å². The molecule has 0 amide bonds. The van der Waals surface area contributed by atoms with Gasteiger partial charge in [-0.1, -0.05) is 239 Å². The quantitative estimate of drug-likeness (QED) is 0.0846. The Kier molecular flexibility index (Phi) is 16.5. The smallest absolute Gasteiger partial charge is 0.00195 e. The molecule has 90 heavy (non-hydrogen) atoms. The Morgan fingerprint density at radius 1 is 0.156 bits per heavy atom. The second-order valence-electron chi connectivity index (χ2n) is 31.5. The van der Waals surface area contributed by atoms with Gasteiger partial charge < -0.3 is 0 Å². The van der Waals surface area contributed by atoms with E-state index in [2.05, 4.69) is 287 Å². The van der Waals surface area contributed by atoms with E-state index >= 15 is 0 Å². The van der Waals surface area contributed by atoms with E-state index in [4.69, 9.17) is 0 Å². The second-order valence-corrected chi connectivity index (χ2v) is 31.5. The van der Waals surface area contributed by atoms with Crippen molar-refractivity contribution in [2.24, 2.45) is 0 Å². The molecule has 12 aromatic rings. The van der Waals surface area contributed by atoms with Gasteiger partial charge in [0.25, 0.3) is 0 Å². The van der Waals surface area contributed by atoms with Crippen LogP contribution in [0.1, 0.15) is 304 Å². The fraction of sp³-hybridized carbons (Fsp3) is 0.400. The maximum atomic E-state index is 2.66. The third-order valence-electron chi connectivity index (χ3n) is 21.1. The van der Waals surface area contributed by atoms with Gasteiger partial charge in [0.1, 0.15) is 0 Å². The normalized spacial score (nSPS) is 13.0. The van der Waals surface area contributed by atoms with Gasteiger partial charge in [0.15, 0.2) is 0 Å². The van der Waals surface area contributed by atoms with Gasteiger partial charge in [-0.15, -0.1) is 0 Å². The summed E-state index contributed by atoms with van der Waals surface area (Å²) in [6.45, 7) is 57.3. The SMILES string of the molecule is CC(C)c1cc(C(C)C)c(-c2ccc3c(c2)c2cc4c(cc5c6cc(-c7c(C(C)C)cc(C(C)C)cc7C(C)C)ccc6c6cc(-c7c(C(C)C)cc(C(C)C)cc7C(C)C)cc4c65)c4cc(-c5c(C(C)C)cc(C(C)C)cc5C(C)C)cc3c42)c(C(C)C)c1. The minimum absolute atomic E-state index is 0.341. The standard InChI is InChI=1S/C90H104/c1-45(2)59-31-67(49(9)10)85(68(32-59)50(11)12)57-25-27-65-75(29-57)83-43-77-78(81-41-63(39-79(65)89(81)83)87-71(53(17)18)35-61(47(5)6)36-72(87)54(19)20)44-84-76-30-58(86-69(51(13)14)33-60(46(3)4)34-70(86)52(15)16)26-28-66(76)80-40-64(42-82(77)90(80)84)88-73(55(21)22)37-62(48(7)8)38-74(88)56(23)24/h25-56H,1-24H3. The molecule has 0 fully saturated rings. The first-order valence-electron chi connectivity index (χ1n) is 35.1. The maximum Gasteiger partial charge on any atom is -0.00195 e. The van der Waals surface area contributed by atoms with E-state index in [0.717, 1.165) is 0 Å². The highest BCUT2D eigenvalue weighted by Gasteiger charge is 2.29. The molecule has 0 saturated heterocycles. The Balaban J connectivity index is 1.31. The Hall–Kier alpha value is -7.02. The highest BCUT2D eigenvalue weighted by Crippen LogP contribution is 2.54. The van der Waals surface area contributed by atoms with E-state index in [9.17, 15) is 0 Å². The zero-order chi connectivity index (χ0) is 64.7. The van der Waals surface area contributed by atoms with Gasteiger partial charge in [0, 0.05) is 0 Å². The number of rotatable bonds is 16. The molecule has 12 aromatic carbocycles. The van der Waals surface area contributed by atoms with Gasteiger partial charge >= 0.3 is 0 Å². The van der Waals surface area contributed by atoms with Crippen LogP contribution in [0.2, 0.25) is 0 Å². The van der Waals surface area contributed by atoms with E-state index in [1.54, 1.807) is 0 Å². The Morgan fingerprint density at radius 2 is 0.333 bits per heavy atom. The van der Waals surface area contributed by atoms with Crippen LogP contribution in [0.25, 0.3) is 120 Å². The summed E-state index contributed by atoms with van der Waals surface area (Å²) in [6.07, 6.45) is 0. The predicted molar refractivity (Wildman–Crippen MR) is 402 cm³/mol. The molecule has 464 valence electrons.